The van der Waals surface area contributed by atoms with E-state index in [1.54, 1.807) is 30.4 Å². The van der Waals surface area contributed by atoms with Gasteiger partial charge in [0.1, 0.15) is 4.90 Å². The third-order valence-electron chi connectivity index (χ3n) is 3.28. The topological polar surface area (TPSA) is 73.0 Å². The first-order valence-corrected chi connectivity index (χ1v) is 7.77. The Bertz CT molecular complexity index is 701. The lowest BCUT2D eigenvalue weighted by Crippen LogP contribution is -2.27. The molecule has 2 aromatic heterocycles. The molecule has 0 amide bonds. The van der Waals surface area contributed by atoms with E-state index in [-0.39, 0.29) is 11.4 Å². The van der Waals surface area contributed by atoms with Crippen LogP contribution in [0.15, 0.2) is 23.4 Å². The minimum Gasteiger partial charge on any atom is -0.273 e. The van der Waals surface area contributed by atoms with E-state index in [0.29, 0.717) is 5.69 Å². The van der Waals surface area contributed by atoms with Gasteiger partial charge in [-0.25, -0.2) is 8.42 Å². The van der Waals surface area contributed by atoms with Gasteiger partial charge in [0.25, 0.3) is 0 Å². The van der Waals surface area contributed by atoms with Crippen LogP contribution in [0.25, 0.3) is 0 Å². The van der Waals surface area contributed by atoms with Crippen molar-refractivity contribution in [2.24, 2.45) is 7.05 Å². The van der Waals surface area contributed by atoms with Crippen LogP contribution in [0.3, 0.4) is 0 Å². The van der Waals surface area contributed by atoms with Gasteiger partial charge in [-0.2, -0.15) is 14.5 Å². The van der Waals surface area contributed by atoms with Crippen molar-refractivity contribution in [3.63, 3.8) is 0 Å². The van der Waals surface area contributed by atoms with Gasteiger partial charge in [-0.1, -0.05) is 0 Å². The highest BCUT2D eigenvalue weighted by molar-refractivity contribution is 7.89. The van der Waals surface area contributed by atoms with Crippen LogP contribution in [0.5, 0.6) is 0 Å². The molecule has 110 valence electrons. The maximum absolute atomic E-state index is 12.5. The van der Waals surface area contributed by atoms with E-state index in [1.807, 2.05) is 19.2 Å². The molecule has 0 radical (unpaired) electrons. The minimum absolute atomic E-state index is 0.234. The van der Waals surface area contributed by atoms with Gasteiger partial charge in [0.2, 0.25) is 10.0 Å². The largest absolute Gasteiger partial charge is 0.273 e. The van der Waals surface area contributed by atoms with Crippen molar-refractivity contribution in [1.29, 1.82) is 0 Å². The second kappa shape index (κ2) is 5.37. The molecular formula is C12H19N5O2S. The van der Waals surface area contributed by atoms with Crippen molar-refractivity contribution >= 4 is 10.0 Å². The van der Waals surface area contributed by atoms with Crippen LogP contribution in [0.2, 0.25) is 0 Å². The van der Waals surface area contributed by atoms with E-state index in [9.17, 15) is 8.42 Å². The molecule has 0 bridgehead atoms. The molecule has 2 rings (SSSR count). The van der Waals surface area contributed by atoms with Crippen molar-refractivity contribution in [1.82, 2.24) is 23.9 Å². The molecule has 0 saturated carbocycles. The first kappa shape index (κ1) is 14.7. The van der Waals surface area contributed by atoms with Gasteiger partial charge in [0.05, 0.1) is 24.1 Å². The van der Waals surface area contributed by atoms with Crippen molar-refractivity contribution in [2.75, 3.05) is 7.05 Å². The molecule has 0 saturated heterocycles. The van der Waals surface area contributed by atoms with Crippen LogP contribution in [0.4, 0.5) is 0 Å². The fraction of sp³-hybridized carbons (Fsp3) is 0.500. The molecule has 0 aliphatic heterocycles. The van der Waals surface area contributed by atoms with E-state index < -0.39 is 10.0 Å². The zero-order valence-corrected chi connectivity index (χ0v) is 12.9. The maximum atomic E-state index is 12.5. The summed E-state index contributed by atoms with van der Waals surface area (Å²) in [5.41, 5.74) is 1.34. The maximum Gasteiger partial charge on any atom is 0.246 e. The Morgan fingerprint density at radius 1 is 1.40 bits per heavy atom. The molecule has 0 aromatic carbocycles. The van der Waals surface area contributed by atoms with Crippen molar-refractivity contribution in [3.8, 4) is 0 Å². The number of sulfonamides is 1. The predicted molar refractivity (Wildman–Crippen MR) is 74.5 cm³/mol. The van der Waals surface area contributed by atoms with Crippen molar-refractivity contribution in [2.45, 2.75) is 31.8 Å². The lowest BCUT2D eigenvalue weighted by atomic mass is 10.4. The monoisotopic (exact) mass is 297 g/mol. The molecule has 20 heavy (non-hydrogen) atoms. The van der Waals surface area contributed by atoms with Gasteiger partial charge in [-0.3, -0.25) is 9.36 Å². The predicted octanol–water partition coefficient (Wildman–Crippen LogP) is 0.766. The number of aromatic nitrogens is 4. The Labute approximate surface area is 118 Å². The lowest BCUT2D eigenvalue weighted by molar-refractivity contribution is 0.458. The van der Waals surface area contributed by atoms with Gasteiger partial charge in [0.15, 0.2) is 0 Å². The first-order chi connectivity index (χ1) is 9.36. The summed E-state index contributed by atoms with van der Waals surface area (Å²) in [5.74, 6) is 0. The van der Waals surface area contributed by atoms with E-state index >= 15 is 0 Å². The normalized spacial score (nSPS) is 12.2. The number of aryl methyl sites for hydroxylation is 2. The van der Waals surface area contributed by atoms with Gasteiger partial charge in [0, 0.05) is 26.8 Å². The first-order valence-electron chi connectivity index (χ1n) is 6.33. The second-order valence-corrected chi connectivity index (χ2v) is 6.65. The second-order valence-electron chi connectivity index (χ2n) is 4.64. The molecule has 8 heteroatoms. The summed E-state index contributed by atoms with van der Waals surface area (Å²) < 4.78 is 29.6. The summed E-state index contributed by atoms with van der Waals surface area (Å²) in [5, 5.41) is 8.27. The molecule has 0 spiro atoms. The number of nitrogens with zero attached hydrogens (tertiary/aromatic N) is 5. The molecule has 0 fully saturated rings. The van der Waals surface area contributed by atoms with Gasteiger partial charge >= 0.3 is 0 Å². The fourth-order valence-electron chi connectivity index (χ4n) is 1.88. The minimum atomic E-state index is -3.54. The standard InChI is InChI=1S/C12H19N5O2S/c1-5-17-7-6-11(14-17)9-15(3)20(18,19)12-8-13-16(4)10(12)2/h6-8H,5,9H2,1-4H3. The molecule has 0 aliphatic carbocycles. The lowest BCUT2D eigenvalue weighted by Gasteiger charge is -2.15. The van der Waals surface area contributed by atoms with Gasteiger partial charge in [-0.05, 0) is 19.9 Å². The highest BCUT2D eigenvalue weighted by Gasteiger charge is 2.25. The molecule has 2 heterocycles. The molecule has 2 aromatic rings. The zero-order chi connectivity index (χ0) is 14.9. The molecular weight excluding hydrogens is 278 g/mol. The Kier molecular flexibility index (Phi) is 3.96. The van der Waals surface area contributed by atoms with Crippen LogP contribution in [-0.4, -0.2) is 39.3 Å². The summed E-state index contributed by atoms with van der Waals surface area (Å²) in [7, 11) is -0.276. The highest BCUT2D eigenvalue weighted by Crippen LogP contribution is 2.19. The van der Waals surface area contributed by atoms with Crippen LogP contribution in [-0.2, 0) is 30.2 Å². The summed E-state index contributed by atoms with van der Waals surface area (Å²) in [6.07, 6.45) is 3.22. The van der Waals surface area contributed by atoms with Crippen LogP contribution >= 0.6 is 0 Å². The summed E-state index contributed by atoms with van der Waals surface area (Å²) in [6.45, 7) is 4.72. The zero-order valence-electron chi connectivity index (χ0n) is 12.1. The van der Waals surface area contributed by atoms with Crippen LogP contribution in [0, 0.1) is 6.92 Å². The van der Waals surface area contributed by atoms with E-state index in [2.05, 4.69) is 10.2 Å². The average Bonchev–Trinajstić information content (AvgIpc) is 2.98. The van der Waals surface area contributed by atoms with E-state index in [0.717, 1.165) is 12.2 Å². The molecule has 7 nitrogen and oxygen atoms in total. The number of rotatable bonds is 5. The molecule has 0 N–H and O–H groups in total. The quantitative estimate of drug-likeness (QED) is 0.817. The Morgan fingerprint density at radius 2 is 2.10 bits per heavy atom. The van der Waals surface area contributed by atoms with Crippen molar-refractivity contribution in [3.05, 3.63) is 29.8 Å². The Hall–Kier alpha value is -1.67. The Balaban J connectivity index is 2.23. The Morgan fingerprint density at radius 3 is 2.60 bits per heavy atom. The molecule has 0 unspecified atom stereocenters. The van der Waals surface area contributed by atoms with E-state index in [4.69, 9.17) is 0 Å². The van der Waals surface area contributed by atoms with Crippen molar-refractivity contribution < 1.29 is 8.42 Å². The highest BCUT2D eigenvalue weighted by atomic mass is 32.2. The summed E-state index contributed by atoms with van der Waals surface area (Å²) >= 11 is 0. The van der Waals surface area contributed by atoms with Gasteiger partial charge in [-0.15, -0.1) is 0 Å². The SMILES string of the molecule is CCn1ccc(CN(C)S(=O)(=O)c2cnn(C)c2C)n1. The summed E-state index contributed by atoms with van der Waals surface area (Å²) in [6, 6.07) is 1.83. The third-order valence-corrected chi connectivity index (χ3v) is 5.19. The number of hydrogen-bond acceptors (Lipinski definition) is 4. The smallest absolute Gasteiger partial charge is 0.246 e. The average molecular weight is 297 g/mol. The molecule has 0 atom stereocenters. The third kappa shape index (κ3) is 2.61. The van der Waals surface area contributed by atoms with Gasteiger partial charge < -0.3 is 0 Å². The van der Waals surface area contributed by atoms with Crippen LogP contribution in [0.1, 0.15) is 18.3 Å². The fourth-order valence-corrected chi connectivity index (χ4v) is 3.20. The number of hydrogen-bond donors (Lipinski definition) is 0. The van der Waals surface area contributed by atoms with Crippen LogP contribution < -0.4 is 0 Å². The molecule has 0 aliphatic rings. The van der Waals surface area contributed by atoms with E-state index in [1.165, 1.54) is 10.5 Å². The summed E-state index contributed by atoms with van der Waals surface area (Å²) in [4.78, 5) is 0.234.